The van der Waals surface area contributed by atoms with Crippen molar-refractivity contribution in [2.24, 2.45) is 0 Å². The molecule has 0 atom stereocenters. The zero-order valence-electron chi connectivity index (χ0n) is 10.6. The van der Waals surface area contributed by atoms with E-state index in [1.54, 1.807) is 24.1 Å². The van der Waals surface area contributed by atoms with Gasteiger partial charge >= 0.3 is 0 Å². The predicted octanol–water partition coefficient (Wildman–Crippen LogP) is 3.26. The number of nitrogens with zero attached hydrogens (tertiary/aromatic N) is 1. The summed E-state index contributed by atoms with van der Waals surface area (Å²) in [5.74, 6) is 0.0858. The third kappa shape index (κ3) is 3.12. The molecular weight excluding hydrogens is 329 g/mol. The Morgan fingerprint density at radius 2 is 2.06 bits per heavy atom. The summed E-state index contributed by atoms with van der Waals surface area (Å²) in [6, 6.07) is 5.01. The number of benzene rings is 1. The van der Waals surface area contributed by atoms with Crippen molar-refractivity contribution in [3.63, 3.8) is 0 Å². The Balaban J connectivity index is 3.01. The molecule has 0 saturated carbocycles. The van der Waals surface area contributed by atoms with Gasteiger partial charge in [-0.05, 0) is 61.1 Å². The molecule has 0 heterocycles. The van der Waals surface area contributed by atoms with Crippen molar-refractivity contribution in [2.45, 2.75) is 32.7 Å². The molecule has 0 aliphatic carbocycles. The molecule has 0 aromatic heterocycles. The molecule has 0 spiro atoms. The predicted molar refractivity (Wildman–Crippen MR) is 77.3 cm³/mol. The van der Waals surface area contributed by atoms with Crippen LogP contribution in [0.25, 0.3) is 0 Å². The van der Waals surface area contributed by atoms with Gasteiger partial charge in [0.1, 0.15) is 5.75 Å². The van der Waals surface area contributed by atoms with E-state index in [2.05, 4.69) is 6.92 Å². The van der Waals surface area contributed by atoms with Crippen LogP contribution < -0.4 is 0 Å². The van der Waals surface area contributed by atoms with Gasteiger partial charge in [-0.25, -0.2) is 0 Å². The summed E-state index contributed by atoms with van der Waals surface area (Å²) in [7, 11) is 1.79. The third-order valence-electron chi connectivity index (χ3n) is 3.27. The molecule has 94 valence electrons. The van der Waals surface area contributed by atoms with E-state index in [4.69, 9.17) is 0 Å². The van der Waals surface area contributed by atoms with E-state index >= 15 is 0 Å². The van der Waals surface area contributed by atoms with Crippen LogP contribution in [0.5, 0.6) is 5.75 Å². The van der Waals surface area contributed by atoms with E-state index in [9.17, 15) is 9.90 Å². The van der Waals surface area contributed by atoms with Gasteiger partial charge in [0.25, 0.3) is 5.91 Å². The summed E-state index contributed by atoms with van der Waals surface area (Å²) < 4.78 is 0.747. The SMILES string of the molecule is CCC(C)(C)N(C)C(=O)c1ccc(I)c(O)c1. The monoisotopic (exact) mass is 347 g/mol. The standard InChI is InChI=1S/C13H18INO2/c1-5-13(2,3)15(4)12(17)9-6-7-10(14)11(16)8-9/h6-8,16H,5H2,1-4H3. The molecule has 3 nitrogen and oxygen atoms in total. The lowest BCUT2D eigenvalue weighted by Crippen LogP contribution is -2.44. The van der Waals surface area contributed by atoms with Gasteiger partial charge in [0, 0.05) is 18.2 Å². The normalized spacial score (nSPS) is 11.4. The fourth-order valence-electron chi connectivity index (χ4n) is 1.35. The molecule has 0 radical (unpaired) electrons. The van der Waals surface area contributed by atoms with E-state index in [0.29, 0.717) is 5.56 Å². The molecule has 1 rings (SSSR count). The number of amides is 1. The zero-order valence-corrected chi connectivity index (χ0v) is 12.8. The van der Waals surface area contributed by atoms with Gasteiger partial charge in [0.15, 0.2) is 0 Å². The van der Waals surface area contributed by atoms with Crippen LogP contribution in [0.2, 0.25) is 0 Å². The second kappa shape index (κ2) is 5.25. The highest BCUT2D eigenvalue weighted by Crippen LogP contribution is 2.24. The minimum atomic E-state index is -0.185. The van der Waals surface area contributed by atoms with E-state index < -0.39 is 0 Å². The minimum absolute atomic E-state index is 0.0662. The van der Waals surface area contributed by atoms with Crippen molar-refractivity contribution in [3.05, 3.63) is 27.3 Å². The van der Waals surface area contributed by atoms with Crippen LogP contribution in [0.4, 0.5) is 0 Å². The first-order chi connectivity index (χ1) is 7.79. The molecule has 0 aliphatic heterocycles. The number of rotatable bonds is 3. The van der Waals surface area contributed by atoms with Crippen molar-refractivity contribution in [2.75, 3.05) is 7.05 Å². The maximum atomic E-state index is 12.2. The van der Waals surface area contributed by atoms with Crippen molar-refractivity contribution >= 4 is 28.5 Å². The second-order valence-corrected chi connectivity index (χ2v) is 5.86. The van der Waals surface area contributed by atoms with Crippen molar-refractivity contribution < 1.29 is 9.90 Å². The Kier molecular flexibility index (Phi) is 4.41. The Bertz CT molecular complexity index is 429. The quantitative estimate of drug-likeness (QED) is 0.853. The fourth-order valence-corrected chi connectivity index (χ4v) is 1.69. The topological polar surface area (TPSA) is 40.5 Å². The van der Waals surface area contributed by atoms with Gasteiger partial charge < -0.3 is 10.0 Å². The fraction of sp³-hybridized carbons (Fsp3) is 0.462. The van der Waals surface area contributed by atoms with Crippen LogP contribution in [0.3, 0.4) is 0 Å². The molecule has 1 N–H and O–H groups in total. The highest BCUT2D eigenvalue weighted by molar-refractivity contribution is 14.1. The molecule has 17 heavy (non-hydrogen) atoms. The van der Waals surface area contributed by atoms with E-state index in [-0.39, 0.29) is 17.2 Å². The first-order valence-corrected chi connectivity index (χ1v) is 6.64. The minimum Gasteiger partial charge on any atom is -0.507 e. The molecule has 1 aromatic carbocycles. The van der Waals surface area contributed by atoms with Gasteiger partial charge in [0.05, 0.1) is 3.57 Å². The molecule has 1 aromatic rings. The highest BCUT2D eigenvalue weighted by atomic mass is 127. The van der Waals surface area contributed by atoms with Crippen LogP contribution in [-0.2, 0) is 0 Å². The van der Waals surface area contributed by atoms with E-state index in [1.165, 1.54) is 6.07 Å². The largest absolute Gasteiger partial charge is 0.507 e. The highest BCUT2D eigenvalue weighted by Gasteiger charge is 2.26. The number of carbonyl (C=O) groups excluding carboxylic acids is 1. The molecular formula is C13H18INO2. The molecule has 4 heteroatoms. The van der Waals surface area contributed by atoms with Crippen molar-refractivity contribution in [1.82, 2.24) is 4.90 Å². The molecule has 0 unspecified atom stereocenters. The number of aromatic hydroxyl groups is 1. The number of phenolic OH excluding ortho intramolecular Hbond substituents is 1. The van der Waals surface area contributed by atoms with Crippen LogP contribution >= 0.6 is 22.6 Å². The van der Waals surface area contributed by atoms with Crippen LogP contribution in [0.1, 0.15) is 37.6 Å². The first kappa shape index (κ1) is 14.3. The maximum absolute atomic E-state index is 12.2. The van der Waals surface area contributed by atoms with E-state index in [1.807, 2.05) is 36.4 Å². The van der Waals surface area contributed by atoms with Crippen molar-refractivity contribution in [3.8, 4) is 5.75 Å². The summed E-state index contributed by atoms with van der Waals surface area (Å²) >= 11 is 2.03. The summed E-state index contributed by atoms with van der Waals surface area (Å²) in [5, 5.41) is 9.61. The summed E-state index contributed by atoms with van der Waals surface area (Å²) in [4.78, 5) is 13.9. The Labute approximate surface area is 116 Å². The van der Waals surface area contributed by atoms with E-state index in [0.717, 1.165) is 9.99 Å². The number of hydrogen-bond acceptors (Lipinski definition) is 2. The zero-order chi connectivity index (χ0) is 13.2. The van der Waals surface area contributed by atoms with Crippen LogP contribution in [0, 0.1) is 3.57 Å². The van der Waals surface area contributed by atoms with Gasteiger partial charge in [-0.3, -0.25) is 4.79 Å². The molecule has 1 amide bonds. The Morgan fingerprint density at radius 1 is 1.47 bits per heavy atom. The lowest BCUT2D eigenvalue weighted by Gasteiger charge is -2.35. The summed E-state index contributed by atoms with van der Waals surface area (Å²) in [5.41, 5.74) is 0.335. The van der Waals surface area contributed by atoms with Crippen LogP contribution in [0.15, 0.2) is 18.2 Å². The Hall–Kier alpha value is -0.780. The molecule has 0 bridgehead atoms. The van der Waals surface area contributed by atoms with Gasteiger partial charge in [-0.2, -0.15) is 0 Å². The molecule has 0 saturated heterocycles. The number of phenols is 1. The maximum Gasteiger partial charge on any atom is 0.254 e. The average molecular weight is 347 g/mol. The van der Waals surface area contributed by atoms with Gasteiger partial charge in [-0.1, -0.05) is 6.92 Å². The summed E-state index contributed by atoms with van der Waals surface area (Å²) in [6.45, 7) is 6.10. The van der Waals surface area contributed by atoms with Crippen molar-refractivity contribution in [1.29, 1.82) is 0 Å². The molecule has 0 fully saturated rings. The number of carbonyl (C=O) groups is 1. The smallest absolute Gasteiger partial charge is 0.254 e. The van der Waals surface area contributed by atoms with Gasteiger partial charge in [0.2, 0.25) is 0 Å². The lowest BCUT2D eigenvalue weighted by molar-refractivity contribution is 0.0620. The first-order valence-electron chi connectivity index (χ1n) is 5.56. The lowest BCUT2D eigenvalue weighted by atomic mass is 9.99. The summed E-state index contributed by atoms with van der Waals surface area (Å²) in [6.07, 6.45) is 0.881. The third-order valence-corrected chi connectivity index (χ3v) is 4.18. The van der Waals surface area contributed by atoms with Crippen LogP contribution in [-0.4, -0.2) is 28.5 Å². The Morgan fingerprint density at radius 3 is 2.53 bits per heavy atom. The number of halogens is 1. The second-order valence-electron chi connectivity index (χ2n) is 4.70. The number of hydrogen-bond donors (Lipinski definition) is 1. The van der Waals surface area contributed by atoms with Gasteiger partial charge in [-0.15, -0.1) is 0 Å². The average Bonchev–Trinajstić information content (AvgIpc) is 2.30. The molecule has 0 aliphatic rings.